The molecule has 2 aromatic heterocycles. The number of fused-ring (bicyclic) bond motifs is 1. The summed E-state index contributed by atoms with van der Waals surface area (Å²) in [6, 6.07) is 5.82. The molecule has 2 aromatic rings. The number of nitrogens with zero attached hydrogens (tertiary/aromatic N) is 3. The van der Waals surface area contributed by atoms with Gasteiger partial charge in [0, 0.05) is 30.7 Å². The van der Waals surface area contributed by atoms with E-state index in [4.69, 9.17) is 11.6 Å². The first-order chi connectivity index (χ1) is 8.76. The normalized spacial score (nSPS) is 20.8. The molecule has 5 heteroatoms. The molecule has 0 atom stereocenters. The largest absolute Gasteiger partial charge is 0.352 e. The Labute approximate surface area is 110 Å². The molecule has 0 radical (unpaired) electrons. The van der Waals surface area contributed by atoms with Gasteiger partial charge in [-0.05, 0) is 25.1 Å². The quantitative estimate of drug-likeness (QED) is 0.795. The molecular formula is C13H13ClN4. The van der Waals surface area contributed by atoms with Gasteiger partial charge >= 0.3 is 0 Å². The van der Waals surface area contributed by atoms with E-state index < -0.39 is 0 Å². The van der Waals surface area contributed by atoms with Gasteiger partial charge in [-0.15, -0.1) is 0 Å². The van der Waals surface area contributed by atoms with Crippen LogP contribution in [0.15, 0.2) is 24.4 Å². The molecule has 18 heavy (non-hydrogen) atoms. The van der Waals surface area contributed by atoms with E-state index in [1.54, 1.807) is 6.20 Å². The van der Waals surface area contributed by atoms with Crippen molar-refractivity contribution in [1.29, 1.82) is 0 Å². The second-order valence-electron chi connectivity index (χ2n) is 5.15. The maximum Gasteiger partial charge on any atom is 0.139 e. The van der Waals surface area contributed by atoms with E-state index in [9.17, 15) is 0 Å². The predicted molar refractivity (Wildman–Crippen MR) is 72.1 cm³/mol. The molecule has 0 amide bonds. The molecule has 2 aliphatic heterocycles. The molecule has 2 saturated heterocycles. The fourth-order valence-electron chi connectivity index (χ4n) is 2.85. The summed E-state index contributed by atoms with van der Waals surface area (Å²) in [7, 11) is 0. The van der Waals surface area contributed by atoms with E-state index in [0.29, 0.717) is 10.7 Å². The van der Waals surface area contributed by atoms with Crippen molar-refractivity contribution in [2.45, 2.75) is 12.0 Å². The first kappa shape index (κ1) is 10.5. The molecule has 1 spiro atoms. The Bertz CT molecular complexity index is 615. The fraction of sp³-hybridized carbons (Fsp3) is 0.385. The average Bonchev–Trinajstić information content (AvgIpc) is 2.24. The molecule has 0 aliphatic carbocycles. The molecule has 1 N–H and O–H groups in total. The summed E-state index contributed by atoms with van der Waals surface area (Å²) in [4.78, 5) is 11.1. The van der Waals surface area contributed by atoms with Crippen LogP contribution in [0.1, 0.15) is 6.42 Å². The molecule has 0 saturated carbocycles. The molecule has 0 bridgehead atoms. The van der Waals surface area contributed by atoms with Gasteiger partial charge in [0.15, 0.2) is 0 Å². The van der Waals surface area contributed by atoms with Gasteiger partial charge in [0.25, 0.3) is 0 Å². The van der Waals surface area contributed by atoms with Gasteiger partial charge in [0.2, 0.25) is 0 Å². The van der Waals surface area contributed by atoms with Crippen molar-refractivity contribution in [3.63, 3.8) is 0 Å². The lowest BCUT2D eigenvalue weighted by Crippen LogP contribution is -2.76. The zero-order valence-electron chi connectivity index (χ0n) is 9.86. The topological polar surface area (TPSA) is 41.1 Å². The summed E-state index contributed by atoms with van der Waals surface area (Å²) in [6.07, 6.45) is 3.05. The van der Waals surface area contributed by atoms with Crippen LogP contribution in [-0.4, -0.2) is 35.1 Å². The van der Waals surface area contributed by atoms with Crippen molar-refractivity contribution >= 4 is 28.3 Å². The van der Waals surface area contributed by atoms with Gasteiger partial charge in [-0.2, -0.15) is 0 Å². The van der Waals surface area contributed by atoms with Crippen molar-refractivity contribution in [3.8, 4) is 0 Å². The van der Waals surface area contributed by atoms with Crippen LogP contribution in [0.25, 0.3) is 10.9 Å². The van der Waals surface area contributed by atoms with Crippen LogP contribution in [0.3, 0.4) is 0 Å². The van der Waals surface area contributed by atoms with Crippen molar-refractivity contribution < 1.29 is 0 Å². The molecule has 4 nitrogen and oxygen atoms in total. The van der Waals surface area contributed by atoms with Crippen LogP contribution >= 0.6 is 11.6 Å². The smallest absolute Gasteiger partial charge is 0.139 e. The van der Waals surface area contributed by atoms with Gasteiger partial charge in [-0.25, -0.2) is 4.98 Å². The Morgan fingerprint density at radius 2 is 2.22 bits per heavy atom. The molecule has 2 aliphatic rings. The lowest BCUT2D eigenvalue weighted by atomic mass is 9.80. The third-order valence-electron chi connectivity index (χ3n) is 3.94. The van der Waals surface area contributed by atoms with E-state index >= 15 is 0 Å². The Morgan fingerprint density at radius 3 is 2.94 bits per heavy atom. The van der Waals surface area contributed by atoms with Crippen molar-refractivity contribution in [3.05, 3.63) is 29.5 Å². The number of rotatable bonds is 1. The van der Waals surface area contributed by atoms with Gasteiger partial charge in [-0.3, -0.25) is 4.98 Å². The van der Waals surface area contributed by atoms with E-state index in [0.717, 1.165) is 36.4 Å². The number of hydrogen-bond acceptors (Lipinski definition) is 4. The summed E-state index contributed by atoms with van der Waals surface area (Å²) >= 11 is 6.07. The highest BCUT2D eigenvalue weighted by Gasteiger charge is 2.48. The summed E-state index contributed by atoms with van der Waals surface area (Å²) in [5.41, 5.74) is 1.26. The molecule has 92 valence electrons. The molecule has 0 unspecified atom stereocenters. The first-order valence-corrected chi connectivity index (χ1v) is 6.55. The zero-order valence-corrected chi connectivity index (χ0v) is 10.6. The Kier molecular flexibility index (Phi) is 2.08. The summed E-state index contributed by atoms with van der Waals surface area (Å²) in [5.74, 6) is 0.963. The number of nitrogens with one attached hydrogen (secondary N) is 1. The molecule has 2 fully saturated rings. The minimum atomic E-state index is 0.346. The molecule has 4 heterocycles. The third kappa shape index (κ3) is 1.42. The van der Waals surface area contributed by atoms with Crippen molar-refractivity contribution in [2.75, 3.05) is 24.5 Å². The van der Waals surface area contributed by atoms with Crippen LogP contribution in [0, 0.1) is 0 Å². The molecule has 4 rings (SSSR count). The average molecular weight is 261 g/mol. The highest BCUT2D eigenvalue weighted by Crippen LogP contribution is 2.36. The zero-order chi connectivity index (χ0) is 12.2. The standard InChI is InChI=1S/C13H13ClN4/c14-11-6-10-9(2-1-4-15-10)12(17-11)18-7-13(8-18)3-5-16-13/h1-2,4,6,16H,3,5,7-8H2. The first-order valence-electron chi connectivity index (χ1n) is 6.17. The number of anilines is 1. The highest BCUT2D eigenvalue weighted by molar-refractivity contribution is 6.30. The number of hydrogen-bond donors (Lipinski definition) is 1. The van der Waals surface area contributed by atoms with Crippen LogP contribution in [0.2, 0.25) is 5.15 Å². The third-order valence-corrected chi connectivity index (χ3v) is 4.13. The maximum absolute atomic E-state index is 6.07. The Balaban J connectivity index is 1.76. The minimum Gasteiger partial charge on any atom is -0.352 e. The molecule has 0 aromatic carbocycles. The van der Waals surface area contributed by atoms with E-state index in [2.05, 4.69) is 26.3 Å². The van der Waals surface area contributed by atoms with Crippen molar-refractivity contribution in [1.82, 2.24) is 15.3 Å². The monoisotopic (exact) mass is 260 g/mol. The predicted octanol–water partition coefficient (Wildman–Crippen LogP) is 1.84. The van der Waals surface area contributed by atoms with Crippen LogP contribution in [0.4, 0.5) is 5.82 Å². The Hall–Kier alpha value is -1.39. The highest BCUT2D eigenvalue weighted by atomic mass is 35.5. The number of pyridine rings is 2. The summed E-state index contributed by atoms with van der Waals surface area (Å²) in [6.45, 7) is 3.17. The summed E-state index contributed by atoms with van der Waals surface area (Å²) in [5, 5.41) is 5.10. The summed E-state index contributed by atoms with van der Waals surface area (Å²) < 4.78 is 0. The van der Waals surface area contributed by atoms with Gasteiger partial charge in [0.1, 0.15) is 11.0 Å². The van der Waals surface area contributed by atoms with Gasteiger partial charge in [-0.1, -0.05) is 11.6 Å². The maximum atomic E-state index is 6.07. The van der Waals surface area contributed by atoms with Gasteiger partial charge < -0.3 is 10.2 Å². The van der Waals surface area contributed by atoms with Gasteiger partial charge in [0.05, 0.1) is 11.1 Å². The lowest BCUT2D eigenvalue weighted by Gasteiger charge is -2.57. The molecular weight excluding hydrogens is 248 g/mol. The SMILES string of the molecule is Clc1cc2ncccc2c(N2CC3(CCN3)C2)n1. The fourth-order valence-corrected chi connectivity index (χ4v) is 3.04. The van der Waals surface area contributed by atoms with Crippen LogP contribution in [0.5, 0.6) is 0 Å². The second-order valence-corrected chi connectivity index (χ2v) is 5.54. The second kappa shape index (κ2) is 3.56. The van der Waals surface area contributed by atoms with Crippen LogP contribution < -0.4 is 10.2 Å². The van der Waals surface area contributed by atoms with Crippen LogP contribution in [-0.2, 0) is 0 Å². The Morgan fingerprint density at radius 1 is 1.39 bits per heavy atom. The van der Waals surface area contributed by atoms with E-state index in [-0.39, 0.29) is 0 Å². The number of halogens is 1. The minimum absolute atomic E-state index is 0.346. The van der Waals surface area contributed by atoms with Crippen molar-refractivity contribution in [2.24, 2.45) is 0 Å². The van der Waals surface area contributed by atoms with E-state index in [1.165, 1.54) is 6.42 Å². The lowest BCUT2D eigenvalue weighted by molar-refractivity contribution is 0.159. The van der Waals surface area contributed by atoms with E-state index in [1.807, 2.05) is 12.1 Å². The number of aromatic nitrogens is 2.